The molecule has 0 saturated heterocycles. The Morgan fingerprint density at radius 2 is 1.53 bits per heavy atom. The highest BCUT2D eigenvalue weighted by atomic mass is 16.6. The lowest BCUT2D eigenvalue weighted by Gasteiger charge is -2.37. The number of rotatable bonds is 4. The van der Waals surface area contributed by atoms with Crippen LogP contribution in [0.3, 0.4) is 0 Å². The van der Waals surface area contributed by atoms with E-state index in [1.807, 2.05) is 13.8 Å². The highest BCUT2D eigenvalue weighted by molar-refractivity contribution is 5.93. The van der Waals surface area contributed by atoms with Gasteiger partial charge in [-0.05, 0) is 46.3 Å². The predicted molar refractivity (Wildman–Crippen MR) is 130 cm³/mol. The van der Waals surface area contributed by atoms with E-state index in [2.05, 4.69) is 10.6 Å². The SMILES string of the molecule is CC(C)N[C@]1(C)CCN(C)C(=O)OC/C=C/COC(=O)N(C)C[C@](C)(C(=O)C(C)C)NCC1=O. The summed E-state index contributed by atoms with van der Waals surface area (Å²) in [6.45, 7) is 11.2. The molecule has 0 aliphatic carbocycles. The summed E-state index contributed by atoms with van der Waals surface area (Å²) in [7, 11) is 3.15. The van der Waals surface area contributed by atoms with Gasteiger partial charge in [-0.3, -0.25) is 14.9 Å². The van der Waals surface area contributed by atoms with Crippen molar-refractivity contribution in [2.45, 2.75) is 65.1 Å². The predicted octanol–water partition coefficient (Wildman–Crippen LogP) is 1.98. The molecule has 0 bridgehead atoms. The third-order valence-electron chi connectivity index (χ3n) is 5.83. The number of hydrogen-bond donors (Lipinski definition) is 2. The molecular formula is C24H42N4O6. The first kappa shape index (κ1) is 29.6. The van der Waals surface area contributed by atoms with E-state index in [4.69, 9.17) is 9.47 Å². The van der Waals surface area contributed by atoms with E-state index in [0.717, 1.165) is 0 Å². The summed E-state index contributed by atoms with van der Waals surface area (Å²) in [6, 6.07) is 0.0128. The molecule has 0 spiro atoms. The zero-order valence-corrected chi connectivity index (χ0v) is 21.9. The van der Waals surface area contributed by atoms with Crippen molar-refractivity contribution in [1.29, 1.82) is 0 Å². The molecule has 2 amide bonds. The largest absolute Gasteiger partial charge is 0.445 e. The number of amides is 2. The summed E-state index contributed by atoms with van der Waals surface area (Å²) in [4.78, 5) is 53.9. The molecule has 0 aromatic rings. The smallest absolute Gasteiger partial charge is 0.409 e. The van der Waals surface area contributed by atoms with Crippen LogP contribution in [0.25, 0.3) is 0 Å². The van der Waals surface area contributed by atoms with Gasteiger partial charge in [-0.25, -0.2) is 9.59 Å². The zero-order chi connectivity index (χ0) is 26.1. The average molecular weight is 483 g/mol. The Kier molecular flexibility index (Phi) is 11.2. The van der Waals surface area contributed by atoms with Crippen molar-refractivity contribution in [3.63, 3.8) is 0 Å². The monoisotopic (exact) mass is 482 g/mol. The van der Waals surface area contributed by atoms with Crippen molar-refractivity contribution < 1.29 is 28.7 Å². The van der Waals surface area contributed by atoms with Crippen molar-refractivity contribution in [1.82, 2.24) is 20.4 Å². The lowest BCUT2D eigenvalue weighted by Crippen LogP contribution is -2.62. The molecule has 1 aliphatic heterocycles. The second kappa shape index (κ2) is 12.9. The second-order valence-corrected chi connectivity index (χ2v) is 9.91. The Labute approximate surface area is 203 Å². The van der Waals surface area contributed by atoms with Crippen LogP contribution in [-0.2, 0) is 19.1 Å². The minimum atomic E-state index is -1.15. The topological polar surface area (TPSA) is 117 Å². The maximum Gasteiger partial charge on any atom is 0.409 e. The maximum atomic E-state index is 13.4. The number of nitrogens with one attached hydrogen (secondary N) is 2. The van der Waals surface area contributed by atoms with Gasteiger partial charge in [0.15, 0.2) is 11.6 Å². The molecule has 2 atom stereocenters. The van der Waals surface area contributed by atoms with Crippen molar-refractivity contribution in [3.05, 3.63) is 12.2 Å². The average Bonchev–Trinajstić information content (AvgIpc) is 2.75. The van der Waals surface area contributed by atoms with Crippen molar-refractivity contribution in [3.8, 4) is 0 Å². The van der Waals surface area contributed by atoms with Crippen LogP contribution in [0, 0.1) is 5.92 Å². The molecule has 0 aromatic carbocycles. The Bertz CT molecular complexity index is 769. The van der Waals surface area contributed by atoms with E-state index in [1.165, 1.54) is 9.80 Å². The van der Waals surface area contributed by atoms with Gasteiger partial charge < -0.3 is 24.6 Å². The van der Waals surface area contributed by atoms with E-state index >= 15 is 0 Å². The molecule has 10 heteroatoms. The number of hydrogen-bond acceptors (Lipinski definition) is 8. The van der Waals surface area contributed by atoms with Crippen molar-refractivity contribution >= 4 is 23.8 Å². The Morgan fingerprint density at radius 1 is 1.00 bits per heavy atom. The molecule has 0 fully saturated rings. The van der Waals surface area contributed by atoms with E-state index in [1.54, 1.807) is 53.9 Å². The molecule has 1 rings (SSSR count). The third-order valence-corrected chi connectivity index (χ3v) is 5.83. The quantitative estimate of drug-likeness (QED) is 0.584. The van der Waals surface area contributed by atoms with Crippen LogP contribution in [0.15, 0.2) is 12.2 Å². The molecule has 0 radical (unpaired) electrons. The van der Waals surface area contributed by atoms with Gasteiger partial charge in [-0.1, -0.05) is 13.8 Å². The van der Waals surface area contributed by atoms with Crippen molar-refractivity contribution in [2.24, 2.45) is 5.92 Å². The van der Waals surface area contributed by atoms with Crippen LogP contribution >= 0.6 is 0 Å². The first-order chi connectivity index (χ1) is 15.7. The fourth-order valence-corrected chi connectivity index (χ4v) is 3.87. The number of cyclic esters (lactones) is 2. The number of ether oxygens (including phenoxy) is 2. The molecule has 2 N–H and O–H groups in total. The van der Waals surface area contributed by atoms with Crippen LogP contribution in [0.2, 0.25) is 0 Å². The fraction of sp³-hybridized carbons (Fsp3) is 0.750. The number of nitrogens with zero attached hydrogens (tertiary/aromatic N) is 2. The Morgan fingerprint density at radius 3 is 2.03 bits per heavy atom. The number of carbonyl (C=O) groups excluding carboxylic acids is 4. The molecule has 0 saturated carbocycles. The van der Waals surface area contributed by atoms with E-state index in [0.29, 0.717) is 13.0 Å². The highest BCUT2D eigenvalue weighted by Gasteiger charge is 2.40. The molecule has 0 unspecified atom stereocenters. The first-order valence-electron chi connectivity index (χ1n) is 11.7. The molecule has 1 heterocycles. The van der Waals surface area contributed by atoms with E-state index < -0.39 is 23.3 Å². The summed E-state index contributed by atoms with van der Waals surface area (Å²) in [5.41, 5.74) is -2.11. The zero-order valence-electron chi connectivity index (χ0n) is 21.9. The van der Waals surface area contributed by atoms with Crippen LogP contribution in [0.5, 0.6) is 0 Å². The normalized spacial score (nSPS) is 27.8. The molecule has 194 valence electrons. The summed E-state index contributed by atoms with van der Waals surface area (Å²) in [6.07, 6.45) is 2.40. The van der Waals surface area contributed by atoms with Crippen LogP contribution in [-0.4, -0.2) is 97.6 Å². The fourth-order valence-electron chi connectivity index (χ4n) is 3.87. The Hall–Kier alpha value is -2.46. The summed E-state index contributed by atoms with van der Waals surface area (Å²) >= 11 is 0. The summed E-state index contributed by atoms with van der Waals surface area (Å²) in [5, 5.41) is 6.43. The minimum Gasteiger partial charge on any atom is -0.445 e. The van der Waals surface area contributed by atoms with Crippen LogP contribution < -0.4 is 10.6 Å². The Balaban J connectivity index is 3.26. The van der Waals surface area contributed by atoms with E-state index in [9.17, 15) is 19.2 Å². The molecule has 10 nitrogen and oxygen atoms in total. The van der Waals surface area contributed by atoms with Gasteiger partial charge in [0.1, 0.15) is 13.2 Å². The lowest BCUT2D eigenvalue weighted by atomic mass is 9.86. The number of likely N-dealkylation sites (N-methyl/N-ethyl adjacent to an activating group) is 1. The maximum absolute atomic E-state index is 13.4. The van der Waals surface area contributed by atoms with E-state index in [-0.39, 0.29) is 49.8 Å². The van der Waals surface area contributed by atoms with Gasteiger partial charge in [-0.15, -0.1) is 0 Å². The second-order valence-electron chi connectivity index (χ2n) is 9.91. The highest BCUT2D eigenvalue weighted by Crippen LogP contribution is 2.18. The van der Waals surface area contributed by atoms with Gasteiger partial charge in [0.05, 0.1) is 17.6 Å². The number of ketones is 2. The minimum absolute atomic E-state index is 0.00343. The van der Waals surface area contributed by atoms with Gasteiger partial charge in [-0.2, -0.15) is 0 Å². The lowest BCUT2D eigenvalue weighted by molar-refractivity contribution is -0.129. The molecule has 1 aliphatic rings. The van der Waals surface area contributed by atoms with Crippen LogP contribution in [0.1, 0.15) is 48.0 Å². The van der Waals surface area contributed by atoms with Crippen molar-refractivity contribution in [2.75, 3.05) is 46.9 Å². The summed E-state index contributed by atoms with van der Waals surface area (Å²) in [5.74, 6) is -0.576. The third kappa shape index (κ3) is 8.72. The van der Waals surface area contributed by atoms with Gasteiger partial charge in [0.2, 0.25) is 0 Å². The number of Topliss-reactive ketones (excluding diaryl/α,β-unsaturated/α-hetero) is 2. The summed E-state index contributed by atoms with van der Waals surface area (Å²) < 4.78 is 10.4. The van der Waals surface area contributed by atoms with Gasteiger partial charge >= 0.3 is 12.2 Å². The molecule has 34 heavy (non-hydrogen) atoms. The standard InChI is InChI=1S/C24H42N4O6/c1-17(2)20(30)24(6)16-28(8)22(32)34-14-10-9-13-33-21(31)27(7)12-11-23(5,26-18(3)4)19(29)15-25-24/h9-10,17-18,25-26H,11-16H2,1-8H3/b10-9+/t23-,24-/m1/s1. The van der Waals surface area contributed by atoms with Crippen LogP contribution in [0.4, 0.5) is 9.59 Å². The van der Waals surface area contributed by atoms with Gasteiger partial charge in [0.25, 0.3) is 0 Å². The van der Waals surface area contributed by atoms with Gasteiger partial charge in [0, 0.05) is 39.1 Å². The first-order valence-corrected chi connectivity index (χ1v) is 11.7. The molecule has 0 aromatic heterocycles. The molecular weight excluding hydrogens is 440 g/mol. The number of carbonyl (C=O) groups is 4.